The number of aromatic nitrogens is 2. The van der Waals surface area contributed by atoms with Crippen molar-refractivity contribution in [1.82, 2.24) is 14.9 Å². The Morgan fingerprint density at radius 3 is 2.81 bits per heavy atom. The van der Waals surface area contributed by atoms with Gasteiger partial charge in [0.2, 0.25) is 17.8 Å². The molecule has 0 bridgehead atoms. The lowest BCUT2D eigenvalue weighted by Gasteiger charge is -2.37. The number of guanidine groups is 1. The second-order valence-corrected chi connectivity index (χ2v) is 6.92. The van der Waals surface area contributed by atoms with Crippen LogP contribution in [-0.4, -0.2) is 60.7 Å². The van der Waals surface area contributed by atoms with Crippen LogP contribution in [-0.2, 0) is 0 Å². The molecule has 7 nitrogen and oxygen atoms in total. The second-order valence-electron chi connectivity index (χ2n) is 6.48. The van der Waals surface area contributed by atoms with Gasteiger partial charge in [-0.1, -0.05) is 24.6 Å². The first-order chi connectivity index (χ1) is 13.0. The van der Waals surface area contributed by atoms with E-state index < -0.39 is 0 Å². The lowest BCUT2D eigenvalue weighted by Crippen LogP contribution is -2.53. The summed E-state index contributed by atoms with van der Waals surface area (Å²) >= 11 is 6.06. The SMILES string of the molecule is CCN1CC(Oc2cc(C)nc(N(C)/C(=N/C)Nc3cccc(Cl)c3)n2)C1. The quantitative estimate of drug-likeness (QED) is 0.627. The highest BCUT2D eigenvalue weighted by Gasteiger charge is 2.27. The molecule has 1 N–H and O–H groups in total. The number of aryl methyl sites for hydroxylation is 1. The molecule has 0 saturated carbocycles. The number of nitrogens with one attached hydrogen (secondary N) is 1. The fourth-order valence-corrected chi connectivity index (χ4v) is 3.03. The summed E-state index contributed by atoms with van der Waals surface area (Å²) in [6, 6.07) is 9.33. The summed E-state index contributed by atoms with van der Waals surface area (Å²) < 4.78 is 6.00. The van der Waals surface area contributed by atoms with Gasteiger partial charge in [-0.25, -0.2) is 4.98 Å². The van der Waals surface area contributed by atoms with Crippen molar-refractivity contribution in [2.45, 2.75) is 20.0 Å². The monoisotopic (exact) mass is 388 g/mol. The molecular weight excluding hydrogens is 364 g/mol. The predicted octanol–water partition coefficient (Wildman–Crippen LogP) is 3.06. The van der Waals surface area contributed by atoms with Gasteiger partial charge in [0.1, 0.15) is 6.10 Å². The Morgan fingerprint density at radius 2 is 2.15 bits per heavy atom. The van der Waals surface area contributed by atoms with Gasteiger partial charge in [0.25, 0.3) is 0 Å². The molecule has 0 radical (unpaired) electrons. The summed E-state index contributed by atoms with van der Waals surface area (Å²) in [4.78, 5) is 17.5. The van der Waals surface area contributed by atoms with Crippen molar-refractivity contribution in [1.29, 1.82) is 0 Å². The molecular formula is C19H25ClN6O. The van der Waals surface area contributed by atoms with E-state index in [1.54, 1.807) is 11.9 Å². The number of halogens is 1. The Kier molecular flexibility index (Phi) is 6.13. The Hall–Kier alpha value is -2.38. The van der Waals surface area contributed by atoms with Crippen LogP contribution < -0.4 is 15.0 Å². The van der Waals surface area contributed by atoms with E-state index in [1.165, 1.54) is 0 Å². The van der Waals surface area contributed by atoms with E-state index in [0.29, 0.717) is 22.8 Å². The van der Waals surface area contributed by atoms with Crippen LogP contribution in [0.25, 0.3) is 0 Å². The topological polar surface area (TPSA) is 65.9 Å². The summed E-state index contributed by atoms with van der Waals surface area (Å²) in [5.74, 6) is 1.71. The van der Waals surface area contributed by atoms with E-state index in [4.69, 9.17) is 16.3 Å². The maximum Gasteiger partial charge on any atom is 0.235 e. The van der Waals surface area contributed by atoms with Crippen molar-refractivity contribution < 1.29 is 4.74 Å². The average Bonchev–Trinajstić information content (AvgIpc) is 2.61. The summed E-state index contributed by atoms with van der Waals surface area (Å²) in [7, 11) is 3.57. The third kappa shape index (κ3) is 4.87. The normalized spacial score (nSPS) is 15.4. The van der Waals surface area contributed by atoms with Crippen LogP contribution in [0.1, 0.15) is 12.6 Å². The average molecular weight is 389 g/mol. The molecule has 3 rings (SSSR count). The van der Waals surface area contributed by atoms with Crippen LogP contribution >= 0.6 is 11.6 Å². The van der Waals surface area contributed by atoms with Crippen LogP contribution in [0.5, 0.6) is 5.88 Å². The van der Waals surface area contributed by atoms with Gasteiger partial charge in [0, 0.05) is 49.7 Å². The molecule has 2 aromatic rings. The highest BCUT2D eigenvalue weighted by Crippen LogP contribution is 2.20. The van der Waals surface area contributed by atoms with Crippen molar-refractivity contribution in [3.63, 3.8) is 0 Å². The minimum absolute atomic E-state index is 0.182. The van der Waals surface area contributed by atoms with Crippen molar-refractivity contribution in [3.8, 4) is 5.88 Å². The van der Waals surface area contributed by atoms with Gasteiger partial charge in [0.05, 0.1) is 0 Å². The number of ether oxygens (including phenoxy) is 1. The number of hydrogen-bond donors (Lipinski definition) is 1. The fourth-order valence-electron chi connectivity index (χ4n) is 2.84. The minimum atomic E-state index is 0.182. The maximum absolute atomic E-state index is 6.06. The third-order valence-electron chi connectivity index (χ3n) is 4.39. The zero-order valence-electron chi connectivity index (χ0n) is 16.1. The number of nitrogens with zero attached hydrogens (tertiary/aromatic N) is 5. The zero-order chi connectivity index (χ0) is 19.4. The Labute approximate surface area is 165 Å². The van der Waals surface area contributed by atoms with E-state index in [0.717, 1.165) is 31.0 Å². The van der Waals surface area contributed by atoms with Gasteiger partial charge in [0.15, 0.2) is 0 Å². The molecule has 0 aliphatic carbocycles. The van der Waals surface area contributed by atoms with Crippen molar-refractivity contribution in [2.24, 2.45) is 4.99 Å². The third-order valence-corrected chi connectivity index (χ3v) is 4.62. The molecule has 1 fully saturated rings. The molecule has 8 heteroatoms. The first-order valence-corrected chi connectivity index (χ1v) is 9.34. The van der Waals surface area contributed by atoms with Crippen LogP contribution in [0.15, 0.2) is 35.3 Å². The van der Waals surface area contributed by atoms with Crippen molar-refractivity contribution in [2.75, 3.05) is 43.9 Å². The predicted molar refractivity (Wildman–Crippen MR) is 110 cm³/mol. The first kappa shape index (κ1) is 19.4. The number of hydrogen-bond acceptors (Lipinski definition) is 5. The highest BCUT2D eigenvalue weighted by molar-refractivity contribution is 6.30. The van der Waals surface area contributed by atoms with Gasteiger partial charge in [-0.3, -0.25) is 14.8 Å². The maximum atomic E-state index is 6.06. The smallest absolute Gasteiger partial charge is 0.235 e. The fraction of sp³-hybridized carbons (Fsp3) is 0.421. The van der Waals surface area contributed by atoms with E-state index in [9.17, 15) is 0 Å². The largest absolute Gasteiger partial charge is 0.471 e. The molecule has 1 aliphatic rings. The molecule has 1 aromatic carbocycles. The molecule has 1 aliphatic heterocycles. The van der Waals surface area contributed by atoms with Crippen LogP contribution in [0, 0.1) is 6.92 Å². The van der Waals surface area contributed by atoms with Gasteiger partial charge >= 0.3 is 0 Å². The molecule has 144 valence electrons. The number of likely N-dealkylation sites (N-methyl/N-ethyl adjacent to an activating group) is 1. The van der Waals surface area contributed by atoms with Crippen molar-refractivity contribution in [3.05, 3.63) is 41.0 Å². The highest BCUT2D eigenvalue weighted by atomic mass is 35.5. The number of likely N-dealkylation sites (tertiary alicyclic amines) is 1. The van der Waals surface area contributed by atoms with Gasteiger partial charge in [-0.05, 0) is 31.7 Å². The van der Waals surface area contributed by atoms with E-state index in [-0.39, 0.29) is 6.10 Å². The molecule has 1 aromatic heterocycles. The lowest BCUT2D eigenvalue weighted by molar-refractivity contribution is 0.0209. The number of anilines is 2. The van der Waals surface area contributed by atoms with E-state index >= 15 is 0 Å². The molecule has 1 saturated heterocycles. The standard InChI is InChI=1S/C19H25ClN6O/c1-5-26-11-16(12-26)27-17-9-13(2)22-19(24-17)25(4)18(21-3)23-15-8-6-7-14(20)10-15/h6-10,16H,5,11-12H2,1-4H3,(H,21,23). The summed E-state index contributed by atoms with van der Waals surface area (Å²) in [6.45, 7) is 6.99. The molecule has 0 spiro atoms. The minimum Gasteiger partial charge on any atom is -0.471 e. The molecule has 0 atom stereocenters. The van der Waals surface area contributed by atoms with Gasteiger partial charge < -0.3 is 10.1 Å². The number of benzene rings is 1. The van der Waals surface area contributed by atoms with Crippen molar-refractivity contribution >= 4 is 29.2 Å². The number of rotatable bonds is 5. The Morgan fingerprint density at radius 1 is 1.37 bits per heavy atom. The van der Waals surface area contributed by atoms with E-state index in [2.05, 4.69) is 32.1 Å². The van der Waals surface area contributed by atoms with Gasteiger partial charge in [-0.2, -0.15) is 4.98 Å². The van der Waals surface area contributed by atoms with Crippen LogP contribution in [0.2, 0.25) is 5.02 Å². The molecule has 0 amide bonds. The van der Waals surface area contributed by atoms with E-state index in [1.807, 2.05) is 44.3 Å². The summed E-state index contributed by atoms with van der Waals surface area (Å²) in [5, 5.41) is 3.90. The lowest BCUT2D eigenvalue weighted by atomic mass is 10.2. The second kappa shape index (κ2) is 8.54. The molecule has 27 heavy (non-hydrogen) atoms. The van der Waals surface area contributed by atoms with Crippen LogP contribution in [0.3, 0.4) is 0 Å². The van der Waals surface area contributed by atoms with Gasteiger partial charge in [-0.15, -0.1) is 0 Å². The summed E-state index contributed by atoms with van der Waals surface area (Å²) in [5.41, 5.74) is 1.68. The number of aliphatic imine (C=N–C) groups is 1. The molecule has 0 unspecified atom stereocenters. The van der Waals surface area contributed by atoms with Crippen LogP contribution in [0.4, 0.5) is 11.6 Å². The first-order valence-electron chi connectivity index (χ1n) is 8.96. The summed E-state index contributed by atoms with van der Waals surface area (Å²) in [6.07, 6.45) is 0.182. The molecule has 2 heterocycles. The zero-order valence-corrected chi connectivity index (χ0v) is 16.9. The Balaban J connectivity index is 1.73. The Bertz CT molecular complexity index is 822.